The Balaban J connectivity index is 1.98. The molecule has 1 aliphatic rings. The highest BCUT2D eigenvalue weighted by Gasteiger charge is 2.32. The number of sulfonamides is 1. The van der Waals surface area contributed by atoms with Gasteiger partial charge in [0, 0.05) is 12.7 Å². The summed E-state index contributed by atoms with van der Waals surface area (Å²) in [7, 11) is -2.37. The molecule has 2 aromatic rings. The summed E-state index contributed by atoms with van der Waals surface area (Å²) in [6.45, 7) is 0.458. The number of benzene rings is 1. The summed E-state index contributed by atoms with van der Waals surface area (Å²) in [4.78, 5) is 15.7. The monoisotopic (exact) mass is 333 g/mol. The molecule has 0 saturated carbocycles. The lowest BCUT2D eigenvalue weighted by Crippen LogP contribution is -2.26. The molecule has 1 aromatic heterocycles. The minimum absolute atomic E-state index is 0.0000869. The molecule has 0 unspecified atom stereocenters. The largest absolute Gasteiger partial charge is 0.496 e. The van der Waals surface area contributed by atoms with Crippen LogP contribution in [0, 0.1) is 0 Å². The molecule has 0 fully saturated rings. The standard InChI is InChI=1S/C15H15N3O4S/c1-22-14-5-4-11(7-12(14)15(16)19)23(20,21)18-8-10-3-2-6-17-13(10)9-18/h2-7H,8-9H2,1H3,(H2,16,19). The van der Waals surface area contributed by atoms with E-state index in [2.05, 4.69) is 4.98 Å². The summed E-state index contributed by atoms with van der Waals surface area (Å²) in [6, 6.07) is 7.69. The first-order chi connectivity index (χ1) is 10.9. The third-order valence-electron chi connectivity index (χ3n) is 3.73. The average molecular weight is 333 g/mol. The maximum atomic E-state index is 12.8. The molecule has 0 bridgehead atoms. The van der Waals surface area contributed by atoms with E-state index in [1.165, 1.54) is 29.6 Å². The molecule has 0 radical (unpaired) electrons. The van der Waals surface area contributed by atoms with Gasteiger partial charge in [0.1, 0.15) is 5.75 Å². The van der Waals surface area contributed by atoms with Crippen LogP contribution in [0.15, 0.2) is 41.4 Å². The van der Waals surface area contributed by atoms with Crippen molar-refractivity contribution in [3.8, 4) is 5.75 Å². The number of ether oxygens (including phenoxy) is 1. The van der Waals surface area contributed by atoms with Crippen LogP contribution in [0.4, 0.5) is 0 Å². The summed E-state index contributed by atoms with van der Waals surface area (Å²) in [5, 5.41) is 0. The minimum atomic E-state index is -3.76. The van der Waals surface area contributed by atoms with Gasteiger partial charge in [0.15, 0.2) is 0 Å². The first-order valence-electron chi connectivity index (χ1n) is 6.84. The molecule has 2 heterocycles. The normalized spacial score (nSPS) is 14.5. The van der Waals surface area contributed by atoms with E-state index in [-0.39, 0.29) is 29.3 Å². The number of primary amides is 1. The zero-order chi connectivity index (χ0) is 16.6. The van der Waals surface area contributed by atoms with Crippen LogP contribution in [-0.4, -0.2) is 30.7 Å². The van der Waals surface area contributed by atoms with Crippen LogP contribution in [0.1, 0.15) is 21.6 Å². The number of pyridine rings is 1. The summed E-state index contributed by atoms with van der Waals surface area (Å²) in [5.41, 5.74) is 6.93. The number of carbonyl (C=O) groups excluding carboxylic acids is 1. The van der Waals surface area contributed by atoms with Crippen LogP contribution in [0.2, 0.25) is 0 Å². The molecular weight excluding hydrogens is 318 g/mol. The van der Waals surface area contributed by atoms with Crippen molar-refractivity contribution in [2.24, 2.45) is 5.73 Å². The van der Waals surface area contributed by atoms with Gasteiger partial charge in [-0.25, -0.2) is 8.42 Å². The van der Waals surface area contributed by atoms with Crippen molar-refractivity contribution in [1.29, 1.82) is 0 Å². The van der Waals surface area contributed by atoms with Gasteiger partial charge >= 0.3 is 0 Å². The Kier molecular flexibility index (Phi) is 3.78. The molecule has 0 saturated heterocycles. The lowest BCUT2D eigenvalue weighted by atomic mass is 10.2. The number of carbonyl (C=O) groups is 1. The number of amides is 1. The molecule has 0 atom stereocenters. The molecule has 0 aliphatic carbocycles. The summed E-state index contributed by atoms with van der Waals surface area (Å²) < 4.78 is 31.9. The number of hydrogen-bond donors (Lipinski definition) is 1. The van der Waals surface area contributed by atoms with Crippen molar-refractivity contribution in [2.75, 3.05) is 7.11 Å². The lowest BCUT2D eigenvalue weighted by Gasteiger charge is -2.16. The minimum Gasteiger partial charge on any atom is -0.496 e. The number of hydrogen-bond acceptors (Lipinski definition) is 5. The second-order valence-corrected chi connectivity index (χ2v) is 7.05. The summed E-state index contributed by atoms with van der Waals surface area (Å²) in [6.07, 6.45) is 1.63. The molecule has 7 nitrogen and oxygen atoms in total. The van der Waals surface area contributed by atoms with Gasteiger partial charge in [-0.2, -0.15) is 4.31 Å². The zero-order valence-electron chi connectivity index (χ0n) is 12.4. The number of nitrogens with zero attached hydrogens (tertiary/aromatic N) is 2. The Morgan fingerprint density at radius 2 is 2.09 bits per heavy atom. The maximum absolute atomic E-state index is 12.8. The highest BCUT2D eigenvalue weighted by Crippen LogP contribution is 2.29. The molecule has 1 amide bonds. The summed E-state index contributed by atoms with van der Waals surface area (Å²) in [5.74, 6) is -0.506. The molecule has 8 heteroatoms. The van der Waals surface area contributed by atoms with Crippen molar-refractivity contribution in [2.45, 2.75) is 18.0 Å². The predicted octanol–water partition coefficient (Wildman–Crippen LogP) is 0.894. The van der Waals surface area contributed by atoms with Gasteiger partial charge in [-0.15, -0.1) is 0 Å². The second-order valence-electron chi connectivity index (χ2n) is 5.11. The van der Waals surface area contributed by atoms with E-state index in [0.717, 1.165) is 11.3 Å². The van der Waals surface area contributed by atoms with Crippen molar-refractivity contribution in [1.82, 2.24) is 9.29 Å². The fraction of sp³-hybridized carbons (Fsp3) is 0.200. The first-order valence-corrected chi connectivity index (χ1v) is 8.28. The zero-order valence-corrected chi connectivity index (χ0v) is 13.2. The van der Waals surface area contributed by atoms with Crippen molar-refractivity contribution >= 4 is 15.9 Å². The predicted molar refractivity (Wildman–Crippen MR) is 82.2 cm³/mol. The maximum Gasteiger partial charge on any atom is 0.252 e. The Labute approximate surface area is 133 Å². The SMILES string of the molecule is COc1ccc(S(=O)(=O)N2Cc3cccnc3C2)cc1C(N)=O. The number of fused-ring (bicyclic) bond motifs is 1. The molecule has 2 N–H and O–H groups in total. The fourth-order valence-corrected chi connectivity index (χ4v) is 3.94. The van der Waals surface area contributed by atoms with E-state index in [0.29, 0.717) is 0 Å². The molecule has 120 valence electrons. The van der Waals surface area contributed by atoms with Crippen LogP contribution in [0.3, 0.4) is 0 Å². The van der Waals surface area contributed by atoms with E-state index in [9.17, 15) is 13.2 Å². The van der Waals surface area contributed by atoms with Gasteiger partial charge in [0.05, 0.1) is 29.8 Å². The highest BCUT2D eigenvalue weighted by atomic mass is 32.2. The van der Waals surface area contributed by atoms with E-state index < -0.39 is 15.9 Å². The van der Waals surface area contributed by atoms with Gasteiger partial charge in [0.25, 0.3) is 5.91 Å². The Hall–Kier alpha value is -2.45. The number of rotatable bonds is 4. The number of aromatic nitrogens is 1. The smallest absolute Gasteiger partial charge is 0.252 e. The quantitative estimate of drug-likeness (QED) is 0.895. The lowest BCUT2D eigenvalue weighted by molar-refractivity contribution is 0.0997. The molecule has 1 aromatic carbocycles. The van der Waals surface area contributed by atoms with Gasteiger partial charge in [-0.1, -0.05) is 6.07 Å². The van der Waals surface area contributed by atoms with E-state index in [4.69, 9.17) is 10.5 Å². The molecular formula is C15H15N3O4S. The summed E-state index contributed by atoms with van der Waals surface area (Å²) >= 11 is 0. The van der Waals surface area contributed by atoms with Crippen LogP contribution >= 0.6 is 0 Å². The van der Waals surface area contributed by atoms with Crippen LogP contribution in [0.5, 0.6) is 5.75 Å². The van der Waals surface area contributed by atoms with E-state index in [1.807, 2.05) is 6.07 Å². The van der Waals surface area contributed by atoms with Crippen LogP contribution in [0.25, 0.3) is 0 Å². The molecule has 3 rings (SSSR count). The average Bonchev–Trinajstić information content (AvgIpc) is 2.99. The van der Waals surface area contributed by atoms with Crippen molar-refractivity contribution in [3.63, 3.8) is 0 Å². The van der Waals surface area contributed by atoms with Crippen molar-refractivity contribution in [3.05, 3.63) is 53.3 Å². The first kappa shape index (κ1) is 15.4. The third kappa shape index (κ3) is 2.66. The van der Waals surface area contributed by atoms with E-state index in [1.54, 1.807) is 12.3 Å². The highest BCUT2D eigenvalue weighted by molar-refractivity contribution is 7.89. The Morgan fingerprint density at radius 3 is 2.74 bits per heavy atom. The second kappa shape index (κ2) is 5.64. The van der Waals surface area contributed by atoms with Gasteiger partial charge in [0.2, 0.25) is 10.0 Å². The molecule has 1 aliphatic heterocycles. The van der Waals surface area contributed by atoms with Crippen LogP contribution < -0.4 is 10.5 Å². The fourth-order valence-electron chi connectivity index (χ4n) is 2.53. The van der Waals surface area contributed by atoms with Gasteiger partial charge in [-0.3, -0.25) is 9.78 Å². The third-order valence-corrected chi connectivity index (χ3v) is 5.52. The topological polar surface area (TPSA) is 103 Å². The van der Waals surface area contributed by atoms with E-state index >= 15 is 0 Å². The molecule has 0 spiro atoms. The van der Waals surface area contributed by atoms with Crippen molar-refractivity contribution < 1.29 is 17.9 Å². The Bertz CT molecular complexity index is 855. The van der Waals surface area contributed by atoms with Crippen LogP contribution in [-0.2, 0) is 23.1 Å². The number of nitrogens with two attached hydrogens (primary N) is 1. The Morgan fingerprint density at radius 1 is 1.30 bits per heavy atom. The molecule has 23 heavy (non-hydrogen) atoms. The number of methoxy groups -OCH3 is 1. The van der Waals surface area contributed by atoms with Gasteiger partial charge < -0.3 is 10.5 Å². The van der Waals surface area contributed by atoms with Gasteiger partial charge in [-0.05, 0) is 29.8 Å².